The van der Waals surface area contributed by atoms with Crippen molar-refractivity contribution in [3.05, 3.63) is 23.8 Å². The fourth-order valence-electron chi connectivity index (χ4n) is 2.44. The first-order valence-electron chi connectivity index (χ1n) is 7.32. The minimum absolute atomic E-state index is 0.0247. The first kappa shape index (κ1) is 15.6. The van der Waals surface area contributed by atoms with Crippen LogP contribution in [-0.2, 0) is 16.1 Å². The molecule has 21 heavy (non-hydrogen) atoms. The Labute approximate surface area is 125 Å². The molecule has 1 fully saturated rings. The molecule has 0 aromatic heterocycles. The standard InChI is InChI=1S/C16H23NO4/c1-19-14-7-6-12(9-15(14)20-2)11-17-16(18)10-13-5-3-4-8-21-13/h6-7,9,13H,3-5,8,10-11H2,1-2H3,(H,17,18). The Morgan fingerprint density at radius 3 is 2.76 bits per heavy atom. The summed E-state index contributed by atoms with van der Waals surface area (Å²) < 4.78 is 16.0. The highest BCUT2D eigenvalue weighted by molar-refractivity contribution is 5.76. The molecule has 0 bridgehead atoms. The molecule has 1 unspecified atom stereocenters. The predicted octanol–water partition coefficient (Wildman–Crippen LogP) is 2.28. The van der Waals surface area contributed by atoms with E-state index in [9.17, 15) is 4.79 Å². The van der Waals surface area contributed by atoms with Crippen LogP contribution in [0.1, 0.15) is 31.2 Å². The van der Waals surface area contributed by atoms with Crippen LogP contribution >= 0.6 is 0 Å². The van der Waals surface area contributed by atoms with Crippen LogP contribution in [-0.4, -0.2) is 32.8 Å². The summed E-state index contributed by atoms with van der Waals surface area (Å²) in [6, 6.07) is 5.62. The highest BCUT2D eigenvalue weighted by Crippen LogP contribution is 2.27. The maximum absolute atomic E-state index is 11.9. The molecule has 1 N–H and O–H groups in total. The molecule has 5 heteroatoms. The summed E-state index contributed by atoms with van der Waals surface area (Å²) in [7, 11) is 3.20. The quantitative estimate of drug-likeness (QED) is 0.874. The SMILES string of the molecule is COc1ccc(CNC(=O)CC2CCCCO2)cc1OC. The second-order valence-electron chi connectivity index (χ2n) is 5.16. The average Bonchev–Trinajstić information content (AvgIpc) is 2.53. The van der Waals surface area contributed by atoms with E-state index in [1.807, 2.05) is 18.2 Å². The topological polar surface area (TPSA) is 56.8 Å². The molecule has 0 aliphatic carbocycles. The van der Waals surface area contributed by atoms with Gasteiger partial charge in [0.1, 0.15) is 0 Å². The Hall–Kier alpha value is -1.75. The first-order chi connectivity index (χ1) is 10.2. The molecule has 0 spiro atoms. The third-order valence-electron chi connectivity index (χ3n) is 3.62. The average molecular weight is 293 g/mol. The van der Waals surface area contributed by atoms with Crippen LogP contribution in [0.25, 0.3) is 0 Å². The third-order valence-corrected chi connectivity index (χ3v) is 3.62. The van der Waals surface area contributed by atoms with E-state index in [2.05, 4.69) is 5.32 Å². The second-order valence-corrected chi connectivity index (χ2v) is 5.16. The van der Waals surface area contributed by atoms with E-state index in [1.54, 1.807) is 14.2 Å². The van der Waals surface area contributed by atoms with Gasteiger partial charge in [0.15, 0.2) is 11.5 Å². The van der Waals surface area contributed by atoms with E-state index < -0.39 is 0 Å². The number of nitrogens with one attached hydrogen (secondary N) is 1. The van der Waals surface area contributed by atoms with Crippen molar-refractivity contribution in [1.29, 1.82) is 0 Å². The smallest absolute Gasteiger partial charge is 0.222 e. The molecule has 1 aliphatic rings. The molecule has 2 rings (SSSR count). The van der Waals surface area contributed by atoms with Crippen molar-refractivity contribution >= 4 is 5.91 Å². The summed E-state index contributed by atoms with van der Waals surface area (Å²) in [5.41, 5.74) is 0.977. The highest BCUT2D eigenvalue weighted by atomic mass is 16.5. The lowest BCUT2D eigenvalue weighted by Crippen LogP contribution is -2.30. The van der Waals surface area contributed by atoms with Crippen LogP contribution in [0.3, 0.4) is 0 Å². The normalized spacial score (nSPS) is 18.1. The summed E-state index contributed by atoms with van der Waals surface area (Å²) in [4.78, 5) is 11.9. The number of ether oxygens (including phenoxy) is 3. The maximum Gasteiger partial charge on any atom is 0.222 e. The molecular weight excluding hydrogens is 270 g/mol. The zero-order valence-electron chi connectivity index (χ0n) is 12.7. The summed E-state index contributed by atoms with van der Waals surface area (Å²) in [6.45, 7) is 1.25. The lowest BCUT2D eigenvalue weighted by atomic mass is 10.1. The number of benzene rings is 1. The Balaban J connectivity index is 1.83. The van der Waals surface area contributed by atoms with E-state index in [4.69, 9.17) is 14.2 Å². The zero-order valence-corrected chi connectivity index (χ0v) is 12.7. The van der Waals surface area contributed by atoms with Crippen molar-refractivity contribution in [3.63, 3.8) is 0 Å². The number of rotatable bonds is 6. The molecule has 116 valence electrons. The lowest BCUT2D eigenvalue weighted by Gasteiger charge is -2.22. The van der Waals surface area contributed by atoms with Crippen molar-refractivity contribution in [3.8, 4) is 11.5 Å². The number of carbonyl (C=O) groups excluding carboxylic acids is 1. The van der Waals surface area contributed by atoms with Crippen molar-refractivity contribution in [1.82, 2.24) is 5.32 Å². The van der Waals surface area contributed by atoms with Gasteiger partial charge in [-0.3, -0.25) is 4.79 Å². The highest BCUT2D eigenvalue weighted by Gasteiger charge is 2.17. The predicted molar refractivity (Wildman–Crippen MR) is 79.6 cm³/mol. The van der Waals surface area contributed by atoms with Crippen LogP contribution in [0.2, 0.25) is 0 Å². The molecule has 0 radical (unpaired) electrons. The van der Waals surface area contributed by atoms with Crippen LogP contribution in [0.15, 0.2) is 18.2 Å². The summed E-state index contributed by atoms with van der Waals surface area (Å²) in [5, 5.41) is 2.92. The number of methoxy groups -OCH3 is 2. The Kier molecular flexibility index (Phi) is 5.87. The maximum atomic E-state index is 11.9. The molecule has 1 aliphatic heterocycles. The Morgan fingerprint density at radius 2 is 2.10 bits per heavy atom. The molecule has 1 aromatic carbocycles. The molecule has 0 saturated carbocycles. The molecule has 1 heterocycles. The van der Waals surface area contributed by atoms with Crippen LogP contribution in [0.5, 0.6) is 11.5 Å². The fourth-order valence-corrected chi connectivity index (χ4v) is 2.44. The zero-order chi connectivity index (χ0) is 15.1. The number of hydrogen-bond acceptors (Lipinski definition) is 4. The molecule has 1 atom stereocenters. The lowest BCUT2D eigenvalue weighted by molar-refractivity contribution is -0.125. The van der Waals surface area contributed by atoms with Crippen molar-refractivity contribution in [2.75, 3.05) is 20.8 Å². The van der Waals surface area contributed by atoms with E-state index in [0.717, 1.165) is 31.4 Å². The van der Waals surface area contributed by atoms with E-state index >= 15 is 0 Å². The van der Waals surface area contributed by atoms with E-state index in [-0.39, 0.29) is 12.0 Å². The minimum Gasteiger partial charge on any atom is -0.493 e. The fraction of sp³-hybridized carbons (Fsp3) is 0.562. The van der Waals surface area contributed by atoms with Crippen molar-refractivity contribution < 1.29 is 19.0 Å². The summed E-state index contributed by atoms with van der Waals surface area (Å²) in [6.07, 6.45) is 3.73. The van der Waals surface area contributed by atoms with E-state index in [0.29, 0.717) is 24.5 Å². The molecule has 5 nitrogen and oxygen atoms in total. The van der Waals surface area contributed by atoms with Gasteiger partial charge >= 0.3 is 0 Å². The number of hydrogen-bond donors (Lipinski definition) is 1. The molecular formula is C16H23NO4. The third kappa shape index (κ3) is 4.63. The van der Waals surface area contributed by atoms with Crippen LogP contribution in [0, 0.1) is 0 Å². The van der Waals surface area contributed by atoms with Gasteiger partial charge in [-0.05, 0) is 37.0 Å². The van der Waals surface area contributed by atoms with Crippen molar-refractivity contribution in [2.45, 2.75) is 38.3 Å². The molecule has 1 aromatic rings. The molecule has 1 amide bonds. The van der Waals surface area contributed by atoms with Gasteiger partial charge in [0, 0.05) is 13.2 Å². The van der Waals surface area contributed by atoms with Gasteiger partial charge in [-0.2, -0.15) is 0 Å². The van der Waals surface area contributed by atoms with Gasteiger partial charge in [-0.1, -0.05) is 6.07 Å². The van der Waals surface area contributed by atoms with Crippen LogP contribution < -0.4 is 14.8 Å². The van der Waals surface area contributed by atoms with Gasteiger partial charge in [0.25, 0.3) is 0 Å². The van der Waals surface area contributed by atoms with Gasteiger partial charge in [-0.25, -0.2) is 0 Å². The number of amides is 1. The van der Waals surface area contributed by atoms with Gasteiger partial charge in [0.05, 0.1) is 26.7 Å². The molecule has 1 saturated heterocycles. The minimum atomic E-state index is 0.0247. The van der Waals surface area contributed by atoms with E-state index in [1.165, 1.54) is 0 Å². The van der Waals surface area contributed by atoms with Crippen LogP contribution in [0.4, 0.5) is 0 Å². The Morgan fingerprint density at radius 1 is 1.29 bits per heavy atom. The monoisotopic (exact) mass is 293 g/mol. The first-order valence-corrected chi connectivity index (χ1v) is 7.32. The van der Waals surface area contributed by atoms with Gasteiger partial charge < -0.3 is 19.5 Å². The number of carbonyl (C=O) groups is 1. The van der Waals surface area contributed by atoms with Gasteiger partial charge in [0.2, 0.25) is 5.91 Å². The van der Waals surface area contributed by atoms with Gasteiger partial charge in [-0.15, -0.1) is 0 Å². The summed E-state index contributed by atoms with van der Waals surface area (Å²) >= 11 is 0. The Bertz CT molecular complexity index is 469. The second kappa shape index (κ2) is 7.88. The van der Waals surface area contributed by atoms with Crippen molar-refractivity contribution in [2.24, 2.45) is 0 Å². The largest absolute Gasteiger partial charge is 0.493 e. The summed E-state index contributed by atoms with van der Waals surface area (Å²) in [5.74, 6) is 1.37.